The molecule has 4 heteroatoms. The molecule has 0 N–H and O–H groups in total. The SMILES string of the molecule is CN1c2ccccc2C(=O)N(CCC2CCN(Cc3ccccc3)CC2)c2ccccc21. The smallest absolute Gasteiger partial charge is 0.260 e. The van der Waals surface area contributed by atoms with Gasteiger partial charge in [-0.05, 0) is 68.1 Å². The van der Waals surface area contributed by atoms with E-state index >= 15 is 0 Å². The summed E-state index contributed by atoms with van der Waals surface area (Å²) in [4.78, 5) is 20.3. The molecule has 2 heterocycles. The van der Waals surface area contributed by atoms with Crippen LogP contribution in [0.5, 0.6) is 0 Å². The number of anilines is 3. The van der Waals surface area contributed by atoms with Gasteiger partial charge in [0.2, 0.25) is 0 Å². The number of hydrogen-bond acceptors (Lipinski definition) is 3. The van der Waals surface area contributed by atoms with Crippen LogP contribution in [0.3, 0.4) is 0 Å². The van der Waals surface area contributed by atoms with Crippen molar-refractivity contribution in [3.8, 4) is 0 Å². The van der Waals surface area contributed by atoms with Gasteiger partial charge in [0.25, 0.3) is 5.91 Å². The van der Waals surface area contributed by atoms with Crippen LogP contribution in [0.2, 0.25) is 0 Å². The van der Waals surface area contributed by atoms with Crippen molar-refractivity contribution < 1.29 is 4.79 Å². The van der Waals surface area contributed by atoms with E-state index in [0.717, 1.165) is 55.2 Å². The Kier molecular flexibility index (Phi) is 5.95. The zero-order valence-electron chi connectivity index (χ0n) is 18.8. The second kappa shape index (κ2) is 9.17. The van der Waals surface area contributed by atoms with Crippen LogP contribution < -0.4 is 9.80 Å². The summed E-state index contributed by atoms with van der Waals surface area (Å²) in [6.45, 7) is 4.07. The van der Waals surface area contributed by atoms with Gasteiger partial charge in [-0.25, -0.2) is 0 Å². The number of carbonyl (C=O) groups excluding carboxylic acids is 1. The van der Waals surface area contributed by atoms with Crippen LogP contribution in [0.1, 0.15) is 35.2 Å². The molecular formula is C28H31N3O. The first kappa shape index (κ1) is 20.8. The number of hydrogen-bond donors (Lipinski definition) is 0. The van der Waals surface area contributed by atoms with Crippen molar-refractivity contribution in [3.05, 3.63) is 90.0 Å². The topological polar surface area (TPSA) is 26.8 Å². The van der Waals surface area contributed by atoms with Gasteiger partial charge in [0.05, 0.1) is 22.6 Å². The van der Waals surface area contributed by atoms with Gasteiger partial charge < -0.3 is 9.80 Å². The Morgan fingerprint density at radius 1 is 0.781 bits per heavy atom. The van der Waals surface area contributed by atoms with Crippen LogP contribution in [0.25, 0.3) is 0 Å². The number of likely N-dealkylation sites (tertiary alicyclic amines) is 1. The number of fused-ring (bicyclic) bond motifs is 2. The Balaban J connectivity index is 1.27. The first-order valence-electron chi connectivity index (χ1n) is 11.7. The molecule has 0 bridgehead atoms. The molecule has 3 aromatic rings. The van der Waals surface area contributed by atoms with E-state index < -0.39 is 0 Å². The molecule has 0 atom stereocenters. The third-order valence-electron chi connectivity index (χ3n) is 6.99. The summed E-state index contributed by atoms with van der Waals surface area (Å²) in [5.74, 6) is 0.775. The maximum absolute atomic E-state index is 13.6. The Morgan fingerprint density at radius 2 is 1.41 bits per heavy atom. The van der Waals surface area contributed by atoms with Gasteiger partial charge in [-0.15, -0.1) is 0 Å². The molecule has 1 amide bonds. The molecule has 4 nitrogen and oxygen atoms in total. The van der Waals surface area contributed by atoms with Gasteiger partial charge in [-0.2, -0.15) is 0 Å². The zero-order valence-corrected chi connectivity index (χ0v) is 18.8. The Hall–Kier alpha value is -3.11. The van der Waals surface area contributed by atoms with Crippen LogP contribution in [-0.2, 0) is 6.54 Å². The molecule has 0 aliphatic carbocycles. The van der Waals surface area contributed by atoms with Gasteiger partial charge in [0.15, 0.2) is 0 Å². The molecule has 1 saturated heterocycles. The number of amides is 1. The largest absolute Gasteiger partial charge is 0.342 e. The number of piperidine rings is 1. The molecule has 164 valence electrons. The van der Waals surface area contributed by atoms with Crippen molar-refractivity contribution in [1.82, 2.24) is 4.90 Å². The minimum atomic E-state index is 0.110. The minimum Gasteiger partial charge on any atom is -0.342 e. The van der Waals surface area contributed by atoms with Crippen LogP contribution >= 0.6 is 0 Å². The lowest BCUT2D eigenvalue weighted by atomic mass is 9.93. The Labute approximate surface area is 191 Å². The summed E-state index contributed by atoms with van der Waals surface area (Å²) in [6.07, 6.45) is 3.45. The Bertz CT molecular complexity index is 1070. The second-order valence-electron chi connectivity index (χ2n) is 9.02. The molecular weight excluding hydrogens is 394 g/mol. The Morgan fingerprint density at radius 3 is 2.16 bits per heavy atom. The van der Waals surface area contributed by atoms with E-state index in [1.165, 1.54) is 18.4 Å². The first-order chi connectivity index (χ1) is 15.7. The molecule has 0 aromatic heterocycles. The lowest BCUT2D eigenvalue weighted by molar-refractivity contribution is 0.0984. The van der Waals surface area contributed by atoms with Crippen LogP contribution in [0.15, 0.2) is 78.9 Å². The van der Waals surface area contributed by atoms with Crippen molar-refractivity contribution >= 4 is 23.0 Å². The maximum Gasteiger partial charge on any atom is 0.260 e. The van der Waals surface area contributed by atoms with E-state index in [1.807, 2.05) is 41.3 Å². The molecule has 0 spiro atoms. The summed E-state index contributed by atoms with van der Waals surface area (Å²) in [7, 11) is 2.05. The molecule has 0 saturated carbocycles. The van der Waals surface area contributed by atoms with Gasteiger partial charge in [-0.1, -0.05) is 54.6 Å². The minimum absolute atomic E-state index is 0.110. The standard InChI is InChI=1S/C28H31N3O/c1-29-25-12-6-5-11-24(25)28(32)31(27-14-8-7-13-26(27)29)20-17-22-15-18-30(19-16-22)21-23-9-3-2-4-10-23/h2-14,22H,15-21H2,1H3. The number of rotatable bonds is 5. The van der Waals surface area contributed by atoms with E-state index in [1.54, 1.807) is 0 Å². The summed E-state index contributed by atoms with van der Waals surface area (Å²) < 4.78 is 0. The average molecular weight is 426 g/mol. The van der Waals surface area contributed by atoms with Crippen molar-refractivity contribution in [1.29, 1.82) is 0 Å². The number of carbonyl (C=O) groups is 1. The van der Waals surface area contributed by atoms with E-state index in [0.29, 0.717) is 5.92 Å². The van der Waals surface area contributed by atoms with Gasteiger partial charge in [0, 0.05) is 20.1 Å². The highest BCUT2D eigenvalue weighted by Gasteiger charge is 2.30. The van der Waals surface area contributed by atoms with E-state index in [-0.39, 0.29) is 5.91 Å². The van der Waals surface area contributed by atoms with Gasteiger partial charge in [-0.3, -0.25) is 9.69 Å². The van der Waals surface area contributed by atoms with Crippen molar-refractivity contribution in [2.75, 3.05) is 36.5 Å². The fourth-order valence-electron chi connectivity index (χ4n) is 5.12. The highest BCUT2D eigenvalue weighted by Crippen LogP contribution is 2.39. The van der Waals surface area contributed by atoms with Crippen LogP contribution in [-0.4, -0.2) is 37.5 Å². The quantitative estimate of drug-likeness (QED) is 0.523. The summed E-state index contributed by atoms with van der Waals surface area (Å²) >= 11 is 0. The molecule has 32 heavy (non-hydrogen) atoms. The number of nitrogens with zero attached hydrogens (tertiary/aromatic N) is 3. The molecule has 0 radical (unpaired) electrons. The third kappa shape index (κ3) is 4.15. The van der Waals surface area contributed by atoms with E-state index in [2.05, 4.69) is 59.3 Å². The predicted octanol–water partition coefficient (Wildman–Crippen LogP) is 5.72. The van der Waals surface area contributed by atoms with Crippen molar-refractivity contribution in [2.45, 2.75) is 25.8 Å². The van der Waals surface area contributed by atoms with E-state index in [4.69, 9.17) is 0 Å². The molecule has 0 unspecified atom stereocenters. The summed E-state index contributed by atoms with van der Waals surface area (Å²) in [5.41, 5.74) is 5.24. The maximum atomic E-state index is 13.6. The number of benzene rings is 3. The fourth-order valence-corrected chi connectivity index (χ4v) is 5.12. The molecule has 2 aliphatic rings. The molecule has 1 fully saturated rings. The molecule has 5 rings (SSSR count). The summed E-state index contributed by atoms with van der Waals surface area (Å²) in [5, 5.41) is 0. The monoisotopic (exact) mass is 425 g/mol. The van der Waals surface area contributed by atoms with E-state index in [9.17, 15) is 4.79 Å². The molecule has 2 aliphatic heterocycles. The average Bonchev–Trinajstić information content (AvgIpc) is 2.93. The highest BCUT2D eigenvalue weighted by molar-refractivity contribution is 6.13. The van der Waals surface area contributed by atoms with Crippen molar-refractivity contribution in [2.24, 2.45) is 5.92 Å². The molecule has 3 aromatic carbocycles. The number of para-hydroxylation sites is 3. The lowest BCUT2D eigenvalue weighted by Gasteiger charge is -2.33. The first-order valence-corrected chi connectivity index (χ1v) is 11.7. The van der Waals surface area contributed by atoms with Crippen LogP contribution in [0, 0.1) is 5.92 Å². The second-order valence-corrected chi connectivity index (χ2v) is 9.02. The highest BCUT2D eigenvalue weighted by atomic mass is 16.2. The van der Waals surface area contributed by atoms with Gasteiger partial charge in [0.1, 0.15) is 0 Å². The zero-order chi connectivity index (χ0) is 21.9. The lowest BCUT2D eigenvalue weighted by Crippen LogP contribution is -2.36. The third-order valence-corrected chi connectivity index (χ3v) is 6.99. The van der Waals surface area contributed by atoms with Crippen LogP contribution in [0.4, 0.5) is 17.1 Å². The normalized spacial score (nSPS) is 17.1. The summed E-state index contributed by atoms with van der Waals surface area (Å²) in [6, 6.07) is 27.0. The van der Waals surface area contributed by atoms with Gasteiger partial charge >= 0.3 is 0 Å². The predicted molar refractivity (Wildman–Crippen MR) is 132 cm³/mol. The van der Waals surface area contributed by atoms with Crippen molar-refractivity contribution in [3.63, 3.8) is 0 Å². The fraction of sp³-hybridized carbons (Fsp3) is 0.321.